The van der Waals surface area contributed by atoms with Crippen LogP contribution in [-0.4, -0.2) is 115 Å². The molecule has 1 N–H and O–H groups in total. The molecule has 0 amide bonds. The normalized spacial score (nSPS) is 23.6. The number of benzene rings is 6. The molecule has 6 aromatic carbocycles. The van der Waals surface area contributed by atoms with Crippen molar-refractivity contribution in [3.05, 3.63) is 215 Å². The number of ether oxygens (including phenoxy) is 8. The largest absolute Gasteiger partial charge is 0.462 e. The van der Waals surface area contributed by atoms with Gasteiger partial charge in [-0.3, -0.25) is 0 Å². The van der Waals surface area contributed by atoms with Crippen molar-refractivity contribution in [3.8, 4) is 0 Å². The van der Waals surface area contributed by atoms with E-state index in [1.165, 1.54) is 55.6 Å². The van der Waals surface area contributed by atoms with Crippen LogP contribution in [0.1, 0.15) is 68.6 Å². The van der Waals surface area contributed by atoms with E-state index in [1.54, 1.807) is 133 Å². The number of esters is 6. The number of methoxy groups -OCH3 is 1. The molecule has 0 spiro atoms. The third-order valence-electron chi connectivity index (χ3n) is 12.0. The van der Waals surface area contributed by atoms with Gasteiger partial charge in [-0.15, -0.1) is 11.8 Å². The molecule has 15 nitrogen and oxygen atoms in total. The first kappa shape index (κ1) is 50.7. The highest BCUT2D eigenvalue weighted by Gasteiger charge is 2.56. The van der Waals surface area contributed by atoms with Crippen LogP contribution in [0.15, 0.2) is 182 Å². The predicted molar refractivity (Wildman–Crippen MR) is 261 cm³/mol. The van der Waals surface area contributed by atoms with E-state index < -0.39 is 108 Å². The molecule has 1 aliphatic carbocycles. The van der Waals surface area contributed by atoms with Crippen molar-refractivity contribution in [2.75, 3.05) is 20.3 Å². The van der Waals surface area contributed by atoms with Gasteiger partial charge in [-0.05, 0) is 79.2 Å². The molecular formula is C56H50O15S. The van der Waals surface area contributed by atoms with Crippen molar-refractivity contribution in [2.45, 2.75) is 59.8 Å². The zero-order valence-electron chi connectivity index (χ0n) is 38.8. The van der Waals surface area contributed by atoms with E-state index in [0.717, 1.165) is 11.8 Å². The van der Waals surface area contributed by atoms with Gasteiger partial charge in [-0.2, -0.15) is 0 Å². The molecule has 0 aromatic heterocycles. The molecule has 1 saturated heterocycles. The highest BCUT2D eigenvalue weighted by atomic mass is 32.2. The molecule has 2 fully saturated rings. The smallest absolute Gasteiger partial charge is 0.338 e. The van der Waals surface area contributed by atoms with Crippen molar-refractivity contribution >= 4 is 47.6 Å². The second-order valence-electron chi connectivity index (χ2n) is 16.8. The summed E-state index contributed by atoms with van der Waals surface area (Å²) in [5, 5.41) is 10.5. The van der Waals surface area contributed by atoms with Gasteiger partial charge >= 0.3 is 35.8 Å². The average Bonchev–Trinajstić information content (AvgIpc) is 3.43. The molecular weight excluding hydrogens is 945 g/mol. The van der Waals surface area contributed by atoms with Crippen LogP contribution in [0.4, 0.5) is 0 Å². The van der Waals surface area contributed by atoms with Gasteiger partial charge in [0.05, 0.1) is 45.2 Å². The fraction of sp³-hybridized carbons (Fsp3) is 0.250. The van der Waals surface area contributed by atoms with Gasteiger partial charge in [0.1, 0.15) is 24.9 Å². The molecule has 370 valence electrons. The number of thioether (sulfide) groups is 1. The Morgan fingerprint density at radius 3 is 1.18 bits per heavy atom. The number of hydrogen-bond acceptors (Lipinski definition) is 16. The number of aliphatic hydroxyl groups is 1. The minimum Gasteiger partial charge on any atom is -0.462 e. The van der Waals surface area contributed by atoms with Crippen molar-refractivity contribution in [2.24, 2.45) is 5.92 Å². The second kappa shape index (κ2) is 24.5. The van der Waals surface area contributed by atoms with Crippen LogP contribution < -0.4 is 0 Å². The van der Waals surface area contributed by atoms with E-state index in [9.17, 15) is 33.9 Å². The molecule has 6 aromatic rings. The van der Waals surface area contributed by atoms with Crippen LogP contribution >= 0.6 is 11.8 Å². The molecule has 10 atom stereocenters. The van der Waals surface area contributed by atoms with Gasteiger partial charge in [0.2, 0.25) is 0 Å². The zero-order chi connectivity index (χ0) is 50.4. The molecule has 72 heavy (non-hydrogen) atoms. The summed E-state index contributed by atoms with van der Waals surface area (Å²) >= 11 is 1.01. The molecule has 0 bridgehead atoms. The molecule has 2 aliphatic rings. The van der Waals surface area contributed by atoms with Gasteiger partial charge in [0.25, 0.3) is 0 Å². The maximum absolute atomic E-state index is 14.2. The van der Waals surface area contributed by atoms with E-state index in [4.69, 9.17) is 37.9 Å². The monoisotopic (exact) mass is 994 g/mol. The standard InChI is InChI=1S/C56H50O15S/c1-64-56-48(71-55(63)40-30-18-7-19-31-40)47(70-54(62)39-28-16-6-17-29-39)49(42(67-56)34-66-51(59)36-22-10-3-11-23-36)72-43-32-41(33-65-50(58)35-20-8-2-9-21-35)45(68-52(60)37-24-12-4-13-25-37)46(44(43)57)69-53(61)38-26-14-5-15-27-38/h2-31,41-49,56-57H,32-34H2,1H3/t41-,42-,43+,44+,45-,46-,47-,48-,49-,56+/m1/s1. The van der Waals surface area contributed by atoms with E-state index in [2.05, 4.69) is 0 Å². The topological polar surface area (TPSA) is 196 Å². The van der Waals surface area contributed by atoms with Crippen LogP contribution in [0.3, 0.4) is 0 Å². The fourth-order valence-electron chi connectivity index (χ4n) is 8.39. The first-order chi connectivity index (χ1) is 35.1. The number of hydrogen-bond donors (Lipinski definition) is 1. The average molecular weight is 995 g/mol. The highest BCUT2D eigenvalue weighted by Crippen LogP contribution is 2.44. The van der Waals surface area contributed by atoms with Crippen LogP contribution in [0.5, 0.6) is 0 Å². The van der Waals surface area contributed by atoms with Crippen LogP contribution in [-0.2, 0) is 37.9 Å². The van der Waals surface area contributed by atoms with Crippen LogP contribution in [0.25, 0.3) is 0 Å². The minimum absolute atomic E-state index is 0.0887. The van der Waals surface area contributed by atoms with Gasteiger partial charge in [0.15, 0.2) is 24.6 Å². The highest BCUT2D eigenvalue weighted by molar-refractivity contribution is 8.00. The quantitative estimate of drug-likeness (QED) is 0.0685. The Balaban J connectivity index is 1.20. The molecule has 16 heteroatoms. The number of carbonyl (C=O) groups excluding carboxylic acids is 6. The summed E-state index contributed by atoms with van der Waals surface area (Å²) in [6.45, 7) is -0.854. The van der Waals surface area contributed by atoms with Gasteiger partial charge in [-0.1, -0.05) is 109 Å². The van der Waals surface area contributed by atoms with Crippen molar-refractivity contribution in [1.82, 2.24) is 0 Å². The minimum atomic E-state index is -1.67. The molecule has 0 unspecified atom stereocenters. The predicted octanol–water partition coefficient (Wildman–Crippen LogP) is 7.83. The summed E-state index contributed by atoms with van der Waals surface area (Å²) in [5.41, 5.74) is 1.08. The van der Waals surface area contributed by atoms with E-state index >= 15 is 0 Å². The summed E-state index contributed by atoms with van der Waals surface area (Å²) in [6.07, 6.45) is -10.3. The SMILES string of the molecule is CO[C@H]1O[C@H](COC(=O)c2ccccc2)[C@@H](S[C@H]2C[C@H](COC(=O)c3ccccc3)[C@@H](OC(=O)c3ccccc3)[C@H](OC(=O)c3ccccc3)[C@H]2O)[C@H](OC(=O)c2ccccc2)[C@H]1OC(=O)c1ccccc1. The first-order valence-electron chi connectivity index (χ1n) is 23.1. The third kappa shape index (κ3) is 12.6. The van der Waals surface area contributed by atoms with Crippen LogP contribution in [0.2, 0.25) is 0 Å². The Morgan fingerprint density at radius 2 is 0.792 bits per heavy atom. The summed E-state index contributed by atoms with van der Waals surface area (Å²) < 4.78 is 48.9. The summed E-state index contributed by atoms with van der Waals surface area (Å²) in [4.78, 5) is 83.1. The fourth-order valence-corrected chi connectivity index (χ4v) is 10.2. The van der Waals surface area contributed by atoms with E-state index in [-0.39, 0.29) is 39.8 Å². The van der Waals surface area contributed by atoms with E-state index in [1.807, 2.05) is 0 Å². The van der Waals surface area contributed by atoms with Gasteiger partial charge in [-0.25, -0.2) is 28.8 Å². The van der Waals surface area contributed by atoms with Gasteiger partial charge in [0, 0.05) is 18.3 Å². The third-order valence-corrected chi connectivity index (χ3v) is 13.7. The first-order valence-corrected chi connectivity index (χ1v) is 24.0. The van der Waals surface area contributed by atoms with Crippen molar-refractivity contribution < 1.29 is 71.8 Å². The Kier molecular flexibility index (Phi) is 17.2. The molecule has 0 radical (unpaired) electrons. The zero-order valence-corrected chi connectivity index (χ0v) is 39.6. The molecule has 1 aliphatic heterocycles. The summed E-state index contributed by atoms with van der Waals surface area (Å²) in [5.74, 6) is -5.66. The molecule has 1 heterocycles. The molecule has 8 rings (SSSR count). The number of aliphatic hydroxyl groups excluding tert-OH is 1. The lowest BCUT2D eigenvalue weighted by Crippen LogP contribution is -2.62. The van der Waals surface area contributed by atoms with Crippen molar-refractivity contribution in [1.29, 1.82) is 0 Å². The Morgan fingerprint density at radius 1 is 0.458 bits per heavy atom. The van der Waals surface area contributed by atoms with Gasteiger partial charge < -0.3 is 43.0 Å². The van der Waals surface area contributed by atoms with E-state index in [0.29, 0.717) is 0 Å². The summed E-state index contributed by atoms with van der Waals surface area (Å²) in [6, 6.07) is 48.7. The Labute approximate surface area is 419 Å². The number of rotatable bonds is 17. The summed E-state index contributed by atoms with van der Waals surface area (Å²) in [7, 11) is 1.30. The lowest BCUT2D eigenvalue weighted by atomic mass is 9.82. The molecule has 1 saturated carbocycles. The lowest BCUT2D eigenvalue weighted by molar-refractivity contribution is -0.258. The van der Waals surface area contributed by atoms with Crippen LogP contribution in [0, 0.1) is 5.92 Å². The maximum Gasteiger partial charge on any atom is 0.338 e. The second-order valence-corrected chi connectivity index (χ2v) is 18.2. The number of carbonyl (C=O) groups is 6. The Bertz CT molecular complexity index is 2750. The van der Waals surface area contributed by atoms with Crippen molar-refractivity contribution in [3.63, 3.8) is 0 Å². The lowest BCUT2D eigenvalue weighted by Gasteiger charge is -2.48. The maximum atomic E-state index is 14.2. The Hall–Kier alpha value is -7.63.